The molecule has 2 aromatic rings. The number of ether oxygens (including phenoxy) is 1. The summed E-state index contributed by atoms with van der Waals surface area (Å²) in [5.41, 5.74) is -3.90. The molecule has 3 N–H and O–H groups in total. The van der Waals surface area contributed by atoms with Gasteiger partial charge in [-0.2, -0.15) is 13.2 Å². The lowest BCUT2D eigenvalue weighted by molar-refractivity contribution is -0.266. The number of ketones is 1. The molecule has 1 aromatic heterocycles. The topological polar surface area (TPSA) is 91.4 Å². The number of halogens is 4. The molecular weight excluding hydrogens is 421 g/mol. The number of rotatable bonds is 5. The second-order valence-corrected chi connectivity index (χ2v) is 6.56. The number of benzene rings is 1. The Morgan fingerprint density at radius 2 is 2.00 bits per heavy atom. The molecule has 0 fully saturated rings. The van der Waals surface area contributed by atoms with Gasteiger partial charge in [0.15, 0.2) is 5.60 Å². The summed E-state index contributed by atoms with van der Waals surface area (Å²) < 4.78 is 46.4. The average Bonchev–Trinajstić information content (AvgIpc) is 2.82. The zero-order valence-corrected chi connectivity index (χ0v) is 15.4. The van der Waals surface area contributed by atoms with Crippen molar-refractivity contribution >= 4 is 44.5 Å². The van der Waals surface area contributed by atoms with Crippen molar-refractivity contribution in [2.24, 2.45) is 0 Å². The lowest BCUT2D eigenvalue weighted by Gasteiger charge is -2.30. The van der Waals surface area contributed by atoms with Gasteiger partial charge in [-0.1, -0.05) is 15.9 Å². The van der Waals surface area contributed by atoms with E-state index in [-0.39, 0.29) is 17.5 Å². The number of aliphatic hydroxyl groups is 1. The van der Waals surface area contributed by atoms with Crippen LogP contribution in [0.3, 0.4) is 0 Å². The zero-order chi connectivity index (χ0) is 19.7. The number of anilines is 1. The summed E-state index contributed by atoms with van der Waals surface area (Å²) in [6.45, 7) is 2.48. The quantitative estimate of drug-likeness (QED) is 0.653. The monoisotopic (exact) mass is 436 g/mol. The van der Waals surface area contributed by atoms with Crippen molar-refractivity contribution in [1.82, 2.24) is 4.98 Å². The molecule has 1 aromatic carbocycles. The Balaban J connectivity index is 2.76. The minimum Gasteiger partial charge on any atom is -0.450 e. The molecule has 1 amide bonds. The number of Topliss-reactive ketones (excluding diaryl/α,β-unsaturated/α-hetero) is 1. The molecule has 10 heteroatoms. The molecule has 0 spiro atoms. The maximum atomic E-state index is 13.8. The van der Waals surface area contributed by atoms with E-state index in [9.17, 15) is 27.9 Å². The number of H-pyrrole nitrogens is 1. The third kappa shape index (κ3) is 3.85. The molecule has 1 unspecified atom stereocenters. The van der Waals surface area contributed by atoms with Gasteiger partial charge in [-0.3, -0.25) is 10.1 Å². The summed E-state index contributed by atoms with van der Waals surface area (Å²) in [6.07, 6.45) is -7.36. The van der Waals surface area contributed by atoms with Crippen molar-refractivity contribution in [3.63, 3.8) is 0 Å². The first kappa shape index (κ1) is 20.2. The Hall–Kier alpha value is -2.07. The molecule has 0 aliphatic heterocycles. The van der Waals surface area contributed by atoms with Crippen LogP contribution in [0.15, 0.2) is 22.7 Å². The van der Waals surface area contributed by atoms with Gasteiger partial charge >= 0.3 is 12.3 Å². The van der Waals surface area contributed by atoms with Crippen molar-refractivity contribution in [1.29, 1.82) is 0 Å². The van der Waals surface area contributed by atoms with Gasteiger partial charge in [-0.05, 0) is 32.0 Å². The van der Waals surface area contributed by atoms with Crippen LogP contribution < -0.4 is 5.32 Å². The number of hydrogen-bond donors (Lipinski definition) is 3. The number of carbonyl (C=O) groups is 2. The molecule has 0 aliphatic carbocycles. The molecular formula is C16H16BrF3N2O4. The van der Waals surface area contributed by atoms with E-state index in [0.717, 1.165) is 6.92 Å². The Labute approximate surface area is 154 Å². The van der Waals surface area contributed by atoms with Crippen molar-refractivity contribution in [2.45, 2.75) is 32.0 Å². The number of nitrogens with one attached hydrogen (secondary N) is 2. The van der Waals surface area contributed by atoms with E-state index in [0.29, 0.717) is 4.47 Å². The summed E-state index contributed by atoms with van der Waals surface area (Å²) >= 11 is 3.16. The fourth-order valence-electron chi connectivity index (χ4n) is 2.65. The molecule has 0 aliphatic rings. The van der Waals surface area contributed by atoms with E-state index in [2.05, 4.69) is 26.2 Å². The second kappa shape index (κ2) is 7.28. The van der Waals surface area contributed by atoms with Gasteiger partial charge in [-0.25, -0.2) is 4.79 Å². The standard InChI is InChI=1S/C16H16BrF3N2O4/c1-3-26-14(24)22-13-12(10-6-9(17)4-5-11(10)21-13)15(25,7-8(2)23)16(18,19)20/h4-6,21,25H,3,7H2,1-2H3,(H,22,24). The van der Waals surface area contributed by atoms with Gasteiger partial charge in [0.2, 0.25) is 0 Å². The molecule has 1 heterocycles. The molecule has 0 bridgehead atoms. The maximum Gasteiger partial charge on any atom is 0.422 e. The first-order chi connectivity index (χ1) is 12.0. The van der Waals surface area contributed by atoms with Crippen molar-refractivity contribution in [3.05, 3.63) is 28.2 Å². The third-order valence-electron chi connectivity index (χ3n) is 3.65. The highest BCUT2D eigenvalue weighted by Crippen LogP contribution is 2.48. The number of aromatic nitrogens is 1. The highest BCUT2D eigenvalue weighted by atomic mass is 79.9. The lowest BCUT2D eigenvalue weighted by atomic mass is 9.87. The Bertz CT molecular complexity index is 850. The minimum absolute atomic E-state index is 0.00390. The molecule has 0 saturated heterocycles. The van der Waals surface area contributed by atoms with Crippen LogP contribution in [-0.2, 0) is 15.1 Å². The molecule has 1 atom stereocenters. The van der Waals surface area contributed by atoms with Crippen LogP contribution in [0.2, 0.25) is 0 Å². The number of alkyl halides is 3. The van der Waals surface area contributed by atoms with E-state index >= 15 is 0 Å². The number of hydrogen-bond acceptors (Lipinski definition) is 4. The fourth-order valence-corrected chi connectivity index (χ4v) is 3.01. The summed E-state index contributed by atoms with van der Waals surface area (Å²) in [4.78, 5) is 25.8. The number of fused-ring (bicyclic) bond motifs is 1. The lowest BCUT2D eigenvalue weighted by Crippen LogP contribution is -2.44. The smallest absolute Gasteiger partial charge is 0.422 e. The molecule has 142 valence electrons. The Kier molecular flexibility index (Phi) is 5.67. The predicted molar refractivity (Wildman–Crippen MR) is 91.9 cm³/mol. The molecule has 2 rings (SSSR count). The highest BCUT2D eigenvalue weighted by Gasteiger charge is 2.57. The highest BCUT2D eigenvalue weighted by molar-refractivity contribution is 9.10. The van der Waals surface area contributed by atoms with E-state index in [1.807, 2.05) is 0 Å². The fraction of sp³-hybridized carbons (Fsp3) is 0.375. The van der Waals surface area contributed by atoms with Gasteiger partial charge in [0.25, 0.3) is 0 Å². The summed E-state index contributed by atoms with van der Waals surface area (Å²) in [6, 6.07) is 4.41. The van der Waals surface area contributed by atoms with Crippen molar-refractivity contribution < 1.29 is 32.6 Å². The van der Waals surface area contributed by atoms with E-state index in [1.165, 1.54) is 19.1 Å². The van der Waals surface area contributed by atoms with Crippen molar-refractivity contribution in [3.8, 4) is 0 Å². The van der Waals surface area contributed by atoms with Crippen LogP contribution in [0.5, 0.6) is 0 Å². The Morgan fingerprint density at radius 1 is 1.35 bits per heavy atom. The van der Waals surface area contributed by atoms with E-state index in [4.69, 9.17) is 4.74 Å². The minimum atomic E-state index is -5.17. The number of carbonyl (C=O) groups excluding carboxylic acids is 2. The van der Waals surface area contributed by atoms with Crippen LogP contribution in [0, 0.1) is 0 Å². The van der Waals surface area contributed by atoms with Crippen molar-refractivity contribution in [2.75, 3.05) is 11.9 Å². The predicted octanol–water partition coefficient (Wildman–Crippen LogP) is 4.23. The summed E-state index contributed by atoms with van der Waals surface area (Å²) in [7, 11) is 0. The first-order valence-corrected chi connectivity index (χ1v) is 8.33. The van der Waals surface area contributed by atoms with E-state index < -0.39 is 41.5 Å². The second-order valence-electron chi connectivity index (χ2n) is 5.65. The van der Waals surface area contributed by atoms with Crippen LogP contribution in [0.4, 0.5) is 23.8 Å². The molecule has 26 heavy (non-hydrogen) atoms. The Morgan fingerprint density at radius 3 is 2.54 bits per heavy atom. The largest absolute Gasteiger partial charge is 0.450 e. The zero-order valence-electron chi connectivity index (χ0n) is 13.8. The van der Waals surface area contributed by atoms with Gasteiger partial charge < -0.3 is 14.8 Å². The average molecular weight is 437 g/mol. The molecule has 0 saturated carbocycles. The summed E-state index contributed by atoms with van der Waals surface area (Å²) in [5.74, 6) is -1.26. The van der Waals surface area contributed by atoms with Gasteiger partial charge in [0.1, 0.15) is 11.6 Å². The normalized spacial score (nSPS) is 14.1. The molecule has 0 radical (unpaired) electrons. The maximum absolute atomic E-state index is 13.8. The van der Waals surface area contributed by atoms with Crippen LogP contribution >= 0.6 is 15.9 Å². The van der Waals surface area contributed by atoms with Crippen LogP contribution in [0.1, 0.15) is 25.8 Å². The van der Waals surface area contributed by atoms with Crippen LogP contribution in [0.25, 0.3) is 10.9 Å². The van der Waals surface area contributed by atoms with Gasteiger partial charge in [-0.15, -0.1) is 0 Å². The number of aromatic amines is 1. The summed E-state index contributed by atoms with van der Waals surface area (Å²) in [5, 5.41) is 12.7. The third-order valence-corrected chi connectivity index (χ3v) is 4.14. The SMILES string of the molecule is CCOC(=O)Nc1[nH]c2ccc(Br)cc2c1C(O)(CC(C)=O)C(F)(F)F. The number of amides is 1. The van der Waals surface area contributed by atoms with Crippen LogP contribution in [-0.4, -0.2) is 34.8 Å². The first-order valence-electron chi connectivity index (χ1n) is 7.53. The van der Waals surface area contributed by atoms with E-state index in [1.54, 1.807) is 6.07 Å². The van der Waals surface area contributed by atoms with Gasteiger partial charge in [0, 0.05) is 27.4 Å². The van der Waals surface area contributed by atoms with Gasteiger partial charge in [0.05, 0.1) is 6.61 Å². The molecule has 6 nitrogen and oxygen atoms in total.